The first-order valence-corrected chi connectivity index (χ1v) is 17.2. The second kappa shape index (κ2) is 14.3. The molecule has 0 amide bonds. The highest BCUT2D eigenvalue weighted by Crippen LogP contribution is 2.35. The van der Waals surface area contributed by atoms with Crippen LogP contribution in [0.3, 0.4) is 0 Å². The summed E-state index contributed by atoms with van der Waals surface area (Å²) in [6.07, 6.45) is 8.30. The molecule has 248 valence electrons. The van der Waals surface area contributed by atoms with Crippen LogP contribution in [0.2, 0.25) is 0 Å². The van der Waals surface area contributed by atoms with Crippen molar-refractivity contribution in [2.75, 3.05) is 25.1 Å². The molecule has 0 fully saturated rings. The zero-order chi connectivity index (χ0) is 34.5. The number of aryl methyl sites for hydroxylation is 1. The summed E-state index contributed by atoms with van der Waals surface area (Å²) in [5.74, 6) is 1.82. The molecule has 2 unspecified atom stereocenters. The maximum atomic E-state index is 10.4. The lowest BCUT2D eigenvalue weighted by molar-refractivity contribution is -0.841. The minimum atomic E-state index is -4.27. The fraction of sp³-hybridized carbons (Fsp3) is 0.128. The smallest absolute Gasteiger partial charge is 0.272 e. The molecule has 9 nitrogen and oxygen atoms in total. The van der Waals surface area contributed by atoms with E-state index in [4.69, 9.17) is 14.8 Å². The summed E-state index contributed by atoms with van der Waals surface area (Å²) in [5.41, 5.74) is 6.94. The van der Waals surface area contributed by atoms with E-state index in [2.05, 4.69) is 72.7 Å². The van der Waals surface area contributed by atoms with Crippen molar-refractivity contribution in [3.05, 3.63) is 146 Å². The lowest BCUT2D eigenvalue weighted by atomic mass is 10.0. The van der Waals surface area contributed by atoms with Crippen molar-refractivity contribution in [1.29, 1.82) is 0 Å². The average Bonchev–Trinajstić information content (AvgIpc) is 3.58. The number of hydrogen-bond donors (Lipinski definition) is 1. The molecule has 3 heterocycles. The van der Waals surface area contributed by atoms with Crippen LogP contribution in [0.5, 0.6) is 0 Å². The molecule has 0 saturated carbocycles. The highest BCUT2D eigenvalue weighted by atomic mass is 32.2. The van der Waals surface area contributed by atoms with Crippen LogP contribution in [0.1, 0.15) is 11.1 Å². The number of rotatable bonds is 9. The fourth-order valence-corrected chi connectivity index (χ4v) is 6.62. The van der Waals surface area contributed by atoms with Gasteiger partial charge in [0.2, 0.25) is 5.82 Å². The van der Waals surface area contributed by atoms with Crippen LogP contribution in [-0.2, 0) is 10.1 Å². The Hall–Kier alpha value is -5.55. The molecular weight excluding hydrogens is 635 g/mol. The summed E-state index contributed by atoms with van der Waals surface area (Å²) in [5, 5.41) is 1.13. The molecule has 0 bridgehead atoms. The number of para-hydroxylation sites is 3. The van der Waals surface area contributed by atoms with Crippen LogP contribution in [0, 0.1) is 6.92 Å². The van der Waals surface area contributed by atoms with Gasteiger partial charge in [0.05, 0.1) is 27.1 Å². The maximum Gasteiger partial charge on any atom is 0.272 e. The molecule has 4 aromatic carbocycles. The lowest BCUT2D eigenvalue weighted by Crippen LogP contribution is -3.11. The molecule has 0 saturated heterocycles. The fourth-order valence-electron chi connectivity index (χ4n) is 6.15. The van der Waals surface area contributed by atoms with Crippen molar-refractivity contribution >= 4 is 49.8 Å². The molecule has 10 heteroatoms. The van der Waals surface area contributed by atoms with E-state index in [-0.39, 0.29) is 11.1 Å². The topological polar surface area (TPSA) is 105 Å². The number of aromatic nitrogens is 3. The quantitative estimate of drug-likeness (QED) is 0.150. The minimum absolute atomic E-state index is 0.0360. The summed E-state index contributed by atoms with van der Waals surface area (Å²) >= 11 is 0. The number of anilines is 1. The number of benzene rings is 4. The number of hydrogen-bond acceptors (Lipinski definition) is 7. The van der Waals surface area contributed by atoms with Gasteiger partial charge in [-0.2, -0.15) is 9.71 Å². The normalized spacial score (nSPS) is 15.6. The van der Waals surface area contributed by atoms with Gasteiger partial charge in [-0.15, -0.1) is 6.58 Å². The summed E-state index contributed by atoms with van der Waals surface area (Å²) in [6.45, 7) is 11.3. The third-order valence-electron chi connectivity index (χ3n) is 8.37. The first kappa shape index (κ1) is 33.4. The van der Waals surface area contributed by atoms with Gasteiger partial charge in [-0.25, -0.2) is 13.4 Å². The average molecular weight is 672 g/mol. The van der Waals surface area contributed by atoms with Gasteiger partial charge in [-0.05, 0) is 55.5 Å². The summed E-state index contributed by atoms with van der Waals surface area (Å²) in [4.78, 5) is 19.3. The molecular formula is C39H37N5O4S. The Bertz CT molecular complexity index is 2210. The molecule has 2 aromatic heterocycles. The van der Waals surface area contributed by atoms with Gasteiger partial charge in [0.1, 0.15) is 23.8 Å². The molecule has 49 heavy (non-hydrogen) atoms. The summed E-state index contributed by atoms with van der Waals surface area (Å²) in [6, 6.07) is 32.5. The van der Waals surface area contributed by atoms with Gasteiger partial charge in [-0.1, -0.05) is 91.0 Å². The van der Waals surface area contributed by atoms with Gasteiger partial charge in [-0.3, -0.25) is 9.80 Å². The van der Waals surface area contributed by atoms with E-state index in [1.54, 1.807) is 19.2 Å². The van der Waals surface area contributed by atoms with Crippen molar-refractivity contribution < 1.29 is 22.7 Å². The van der Waals surface area contributed by atoms with Crippen LogP contribution < -0.4 is 14.6 Å². The predicted octanol–water partition coefficient (Wildman–Crippen LogP) is 5.96. The van der Waals surface area contributed by atoms with Crippen molar-refractivity contribution in [1.82, 2.24) is 14.7 Å². The van der Waals surface area contributed by atoms with E-state index in [1.807, 2.05) is 60.2 Å². The highest BCUT2D eigenvalue weighted by Gasteiger charge is 2.41. The molecule has 1 aliphatic rings. The summed E-state index contributed by atoms with van der Waals surface area (Å²) < 4.78 is 33.1. The van der Waals surface area contributed by atoms with E-state index >= 15 is 0 Å². The van der Waals surface area contributed by atoms with Crippen LogP contribution in [0.4, 0.5) is 11.6 Å². The Labute approximate surface area is 286 Å². The monoisotopic (exact) mass is 671 g/mol. The van der Waals surface area contributed by atoms with E-state index in [0.29, 0.717) is 13.1 Å². The Morgan fingerprint density at radius 3 is 2.18 bits per heavy atom. The van der Waals surface area contributed by atoms with Crippen molar-refractivity contribution in [3.8, 4) is 11.3 Å². The summed E-state index contributed by atoms with van der Waals surface area (Å²) in [7, 11) is -2.56. The molecule has 2 atom stereocenters. The van der Waals surface area contributed by atoms with Gasteiger partial charge in [0.25, 0.3) is 5.82 Å². The third kappa shape index (κ3) is 6.75. The first-order valence-electron chi connectivity index (χ1n) is 15.8. The molecule has 0 radical (unpaired) electrons. The first-order chi connectivity index (χ1) is 23.7. The van der Waals surface area contributed by atoms with Gasteiger partial charge >= 0.3 is 0 Å². The second-order valence-electron chi connectivity index (χ2n) is 11.5. The maximum absolute atomic E-state index is 10.4. The molecule has 0 aliphatic carbocycles. The van der Waals surface area contributed by atoms with Gasteiger partial charge in [0.15, 0.2) is 6.17 Å². The Kier molecular flexibility index (Phi) is 9.72. The lowest BCUT2D eigenvalue weighted by Gasteiger charge is -2.23. The SMILES string of the molecule is C=CCN1c2nc3ccccc3nc2[NH+](CC=C)C1C=Cc1c(-c2ccccc2)n(OC)c2ccccc12.Cc1ccc(S(=O)(=O)[O-])cc1. The van der Waals surface area contributed by atoms with Crippen LogP contribution in [-0.4, -0.2) is 54.0 Å². The Morgan fingerprint density at radius 1 is 0.878 bits per heavy atom. The van der Waals surface area contributed by atoms with Crippen molar-refractivity contribution in [2.45, 2.75) is 18.0 Å². The van der Waals surface area contributed by atoms with Gasteiger partial charge < -0.3 is 9.39 Å². The van der Waals surface area contributed by atoms with E-state index in [9.17, 15) is 13.0 Å². The van der Waals surface area contributed by atoms with E-state index in [1.165, 1.54) is 17.0 Å². The standard InChI is InChI=1S/C32H29N5O.C7H8O3S/c1-4-21-35-29(36(22-5-2)32-31(35)33-26-16-10-11-17-27(26)34-32)20-19-25-24-15-9-12-18-28(24)37(38-3)30(25)23-13-7-6-8-14-23;1-6-2-4-7(5-3-6)11(8,9)10/h4-20,29H,1-2,21-22H2,3H3;2-5H,1H3,(H,8,9,10). The molecule has 6 aromatic rings. The largest absolute Gasteiger partial charge is 0.744 e. The van der Waals surface area contributed by atoms with E-state index < -0.39 is 10.1 Å². The second-order valence-corrected chi connectivity index (χ2v) is 12.9. The van der Waals surface area contributed by atoms with Crippen LogP contribution in [0.15, 0.2) is 139 Å². The van der Waals surface area contributed by atoms with Crippen LogP contribution in [0.25, 0.3) is 39.3 Å². The molecule has 7 rings (SSSR count). The van der Waals surface area contributed by atoms with Crippen molar-refractivity contribution in [2.24, 2.45) is 0 Å². The predicted molar refractivity (Wildman–Crippen MR) is 195 cm³/mol. The molecule has 1 aliphatic heterocycles. The zero-order valence-corrected chi connectivity index (χ0v) is 28.2. The van der Waals surface area contributed by atoms with Gasteiger partial charge in [0, 0.05) is 23.1 Å². The van der Waals surface area contributed by atoms with E-state index in [0.717, 1.165) is 56.0 Å². The number of quaternary nitrogens is 1. The molecule has 1 N–H and O–H groups in total. The zero-order valence-electron chi connectivity index (χ0n) is 27.4. The minimum Gasteiger partial charge on any atom is -0.744 e. The third-order valence-corrected chi connectivity index (χ3v) is 9.22. The number of nitrogens with zero attached hydrogens (tertiary/aromatic N) is 4. The highest BCUT2D eigenvalue weighted by molar-refractivity contribution is 7.85. The number of fused-ring (bicyclic) bond motifs is 3. The van der Waals surface area contributed by atoms with Crippen molar-refractivity contribution in [3.63, 3.8) is 0 Å². The Balaban J connectivity index is 0.000000324. The molecule has 0 spiro atoms. The van der Waals surface area contributed by atoms with Crippen LogP contribution >= 0.6 is 0 Å². The number of nitrogens with one attached hydrogen (secondary N) is 1. The Morgan fingerprint density at radius 2 is 1.53 bits per heavy atom.